The molecule has 0 bridgehead atoms. The third kappa shape index (κ3) is 5.50. The minimum Gasteiger partial charge on any atom is -0.326 e. The van der Waals surface area contributed by atoms with Crippen molar-refractivity contribution in [2.75, 3.05) is 6.54 Å². The standard InChI is InChI=1S/C28H38N4O4/c1-5-8-11-27(33)36-31-19(4)20-12-14-22-23-15-13-21(32(34)35)18-25(23)28(24(22)17-20,26(29)10-7-3)30-16-9-6-2/h12-15,17-18,26,30H,5-11,16,29H2,1-4H3/b31-19+. The molecule has 3 rings (SSSR count). The van der Waals surface area contributed by atoms with Crippen LogP contribution in [0.25, 0.3) is 11.1 Å². The van der Waals surface area contributed by atoms with Gasteiger partial charge >= 0.3 is 5.97 Å². The van der Waals surface area contributed by atoms with Gasteiger partial charge in [0.15, 0.2) is 0 Å². The van der Waals surface area contributed by atoms with Crippen molar-refractivity contribution >= 4 is 17.4 Å². The van der Waals surface area contributed by atoms with Crippen LogP contribution in [0.2, 0.25) is 0 Å². The number of nitrogens with zero attached hydrogens (tertiary/aromatic N) is 2. The number of rotatable bonds is 13. The molecule has 1 aliphatic carbocycles. The fraction of sp³-hybridized carbons (Fsp3) is 0.500. The van der Waals surface area contributed by atoms with E-state index in [2.05, 4.69) is 24.3 Å². The van der Waals surface area contributed by atoms with E-state index in [0.29, 0.717) is 12.1 Å². The van der Waals surface area contributed by atoms with Crippen molar-refractivity contribution in [3.05, 3.63) is 63.2 Å². The Morgan fingerprint density at radius 2 is 1.75 bits per heavy atom. The van der Waals surface area contributed by atoms with Crippen LogP contribution in [-0.4, -0.2) is 29.2 Å². The number of benzene rings is 2. The molecule has 0 aromatic heterocycles. The molecule has 2 aromatic rings. The Kier molecular flexibility index (Phi) is 9.34. The van der Waals surface area contributed by atoms with E-state index in [-0.39, 0.29) is 22.6 Å². The number of oxime groups is 1. The van der Waals surface area contributed by atoms with Crippen LogP contribution in [0.3, 0.4) is 0 Å². The third-order valence-corrected chi connectivity index (χ3v) is 6.90. The van der Waals surface area contributed by atoms with Gasteiger partial charge in [0.25, 0.3) is 5.69 Å². The maximum Gasteiger partial charge on any atom is 0.335 e. The number of nitro groups is 1. The summed E-state index contributed by atoms with van der Waals surface area (Å²) in [6.45, 7) is 8.76. The molecule has 0 amide bonds. The van der Waals surface area contributed by atoms with E-state index in [4.69, 9.17) is 10.6 Å². The molecular formula is C28H38N4O4. The lowest BCUT2D eigenvalue weighted by atomic mass is 9.78. The number of hydrogen-bond donors (Lipinski definition) is 2. The van der Waals surface area contributed by atoms with Gasteiger partial charge in [-0.2, -0.15) is 0 Å². The van der Waals surface area contributed by atoms with Gasteiger partial charge in [-0.1, -0.05) is 57.3 Å². The molecule has 0 saturated carbocycles. The van der Waals surface area contributed by atoms with Crippen LogP contribution in [0.15, 0.2) is 41.6 Å². The van der Waals surface area contributed by atoms with Crippen LogP contribution in [-0.2, 0) is 15.2 Å². The van der Waals surface area contributed by atoms with E-state index >= 15 is 0 Å². The Labute approximate surface area is 213 Å². The van der Waals surface area contributed by atoms with Crippen molar-refractivity contribution in [3.63, 3.8) is 0 Å². The molecule has 1 aliphatic rings. The zero-order valence-electron chi connectivity index (χ0n) is 21.8. The van der Waals surface area contributed by atoms with E-state index in [1.165, 1.54) is 0 Å². The van der Waals surface area contributed by atoms with Crippen molar-refractivity contribution in [1.82, 2.24) is 5.32 Å². The summed E-state index contributed by atoms with van der Waals surface area (Å²) >= 11 is 0. The predicted molar refractivity (Wildman–Crippen MR) is 143 cm³/mol. The quantitative estimate of drug-likeness (QED) is 0.119. The summed E-state index contributed by atoms with van der Waals surface area (Å²) in [6, 6.07) is 10.7. The predicted octanol–water partition coefficient (Wildman–Crippen LogP) is 5.79. The molecule has 2 aromatic carbocycles. The Morgan fingerprint density at radius 3 is 2.39 bits per heavy atom. The number of hydrogen-bond acceptors (Lipinski definition) is 7. The highest BCUT2D eigenvalue weighted by molar-refractivity contribution is 6.00. The SMILES string of the molecule is CCCCNC1(C(N)CCC)c2cc(/C(C)=N/OC(=O)CCCC)ccc2-c2ccc([N+](=O)[O-])cc21. The van der Waals surface area contributed by atoms with E-state index in [1.54, 1.807) is 19.1 Å². The van der Waals surface area contributed by atoms with Crippen molar-refractivity contribution in [3.8, 4) is 11.1 Å². The molecule has 0 radical (unpaired) electrons. The van der Waals surface area contributed by atoms with Crippen molar-refractivity contribution < 1.29 is 14.6 Å². The number of carbonyl (C=O) groups excluding carboxylic acids is 1. The molecule has 8 nitrogen and oxygen atoms in total. The summed E-state index contributed by atoms with van der Waals surface area (Å²) in [7, 11) is 0. The minimum atomic E-state index is -0.782. The highest BCUT2D eigenvalue weighted by atomic mass is 16.7. The average Bonchev–Trinajstić information content (AvgIpc) is 3.15. The molecular weight excluding hydrogens is 456 g/mol. The van der Waals surface area contributed by atoms with Crippen LogP contribution in [0, 0.1) is 10.1 Å². The highest BCUT2D eigenvalue weighted by Gasteiger charge is 2.47. The van der Waals surface area contributed by atoms with Gasteiger partial charge in [-0.3, -0.25) is 10.1 Å². The van der Waals surface area contributed by atoms with E-state index < -0.39 is 5.54 Å². The summed E-state index contributed by atoms with van der Waals surface area (Å²) < 4.78 is 0. The number of carbonyl (C=O) groups is 1. The first kappa shape index (κ1) is 27.5. The van der Waals surface area contributed by atoms with E-state index in [1.807, 2.05) is 31.2 Å². The smallest absolute Gasteiger partial charge is 0.326 e. The van der Waals surface area contributed by atoms with Crippen molar-refractivity contribution in [2.24, 2.45) is 10.9 Å². The molecule has 2 unspecified atom stereocenters. The fourth-order valence-corrected chi connectivity index (χ4v) is 4.93. The van der Waals surface area contributed by atoms with Gasteiger partial charge in [-0.15, -0.1) is 0 Å². The monoisotopic (exact) mass is 494 g/mol. The zero-order chi connectivity index (χ0) is 26.3. The molecule has 0 aliphatic heterocycles. The van der Waals surface area contributed by atoms with Crippen molar-refractivity contribution in [2.45, 2.75) is 84.2 Å². The van der Waals surface area contributed by atoms with E-state index in [9.17, 15) is 14.9 Å². The lowest BCUT2D eigenvalue weighted by molar-refractivity contribution is -0.384. The summed E-state index contributed by atoms with van der Waals surface area (Å²) in [6.07, 6.45) is 5.59. The van der Waals surface area contributed by atoms with Crippen LogP contribution in [0.5, 0.6) is 0 Å². The van der Waals surface area contributed by atoms with Crippen LogP contribution >= 0.6 is 0 Å². The Hall–Kier alpha value is -3.10. The van der Waals surface area contributed by atoms with Crippen LogP contribution in [0.1, 0.15) is 89.3 Å². The maximum atomic E-state index is 12.0. The molecule has 8 heteroatoms. The largest absolute Gasteiger partial charge is 0.335 e. The third-order valence-electron chi connectivity index (χ3n) is 6.90. The zero-order valence-corrected chi connectivity index (χ0v) is 21.8. The summed E-state index contributed by atoms with van der Waals surface area (Å²) in [4.78, 5) is 28.4. The molecule has 0 spiro atoms. The Balaban J connectivity index is 2.14. The second-order valence-corrected chi connectivity index (χ2v) is 9.47. The average molecular weight is 495 g/mol. The first-order valence-corrected chi connectivity index (χ1v) is 13.0. The molecule has 0 fully saturated rings. The number of fused-ring (bicyclic) bond motifs is 3. The summed E-state index contributed by atoms with van der Waals surface area (Å²) in [5.41, 5.74) is 11.3. The van der Waals surface area contributed by atoms with Gasteiger partial charge in [0.05, 0.1) is 16.2 Å². The molecule has 0 saturated heterocycles. The second-order valence-electron chi connectivity index (χ2n) is 9.47. The molecule has 0 heterocycles. The topological polar surface area (TPSA) is 120 Å². The van der Waals surface area contributed by atoms with Gasteiger partial charge in [-0.25, -0.2) is 4.79 Å². The first-order valence-electron chi connectivity index (χ1n) is 13.0. The Bertz CT molecular complexity index is 1130. The normalized spacial score (nSPS) is 17.4. The lowest BCUT2D eigenvalue weighted by Gasteiger charge is -2.39. The van der Waals surface area contributed by atoms with Gasteiger partial charge in [0, 0.05) is 24.6 Å². The van der Waals surface area contributed by atoms with Gasteiger partial charge in [0.2, 0.25) is 0 Å². The van der Waals surface area contributed by atoms with Crippen LogP contribution in [0.4, 0.5) is 5.69 Å². The highest BCUT2D eigenvalue weighted by Crippen LogP contribution is 2.51. The number of nitrogens with one attached hydrogen (secondary N) is 1. The number of nitrogens with two attached hydrogens (primary N) is 1. The summed E-state index contributed by atoms with van der Waals surface area (Å²) in [5.74, 6) is -0.349. The number of nitro benzene ring substituents is 1. The molecule has 3 N–H and O–H groups in total. The molecule has 2 atom stereocenters. The van der Waals surface area contributed by atoms with Crippen molar-refractivity contribution in [1.29, 1.82) is 0 Å². The van der Waals surface area contributed by atoms with Crippen LogP contribution < -0.4 is 11.1 Å². The first-order chi connectivity index (χ1) is 17.3. The summed E-state index contributed by atoms with van der Waals surface area (Å²) in [5, 5.41) is 19.5. The Morgan fingerprint density at radius 1 is 1.08 bits per heavy atom. The molecule has 194 valence electrons. The molecule has 36 heavy (non-hydrogen) atoms. The van der Waals surface area contributed by atoms with Gasteiger partial charge in [0.1, 0.15) is 0 Å². The van der Waals surface area contributed by atoms with Gasteiger partial charge < -0.3 is 15.9 Å². The van der Waals surface area contributed by atoms with E-state index in [0.717, 1.165) is 72.9 Å². The minimum absolute atomic E-state index is 0.0453. The fourth-order valence-electron chi connectivity index (χ4n) is 4.93. The van der Waals surface area contributed by atoms with Gasteiger partial charge in [-0.05, 0) is 72.7 Å². The number of non-ortho nitro benzene ring substituents is 1. The number of unbranched alkanes of at least 4 members (excludes halogenated alkanes) is 2. The lowest BCUT2D eigenvalue weighted by Crippen LogP contribution is -2.55. The maximum absolute atomic E-state index is 12.0. The second kappa shape index (κ2) is 12.2.